The van der Waals surface area contributed by atoms with Crippen molar-refractivity contribution in [1.82, 2.24) is 5.32 Å². The standard InChI is InChI=1S/C11H25NO2/c1-5-14-11(2,3)10-12-8-6-7-9-13-4/h12H,5-10H2,1-4H3. The van der Waals surface area contributed by atoms with Gasteiger partial charge in [0.05, 0.1) is 5.60 Å². The highest BCUT2D eigenvalue weighted by Gasteiger charge is 2.15. The summed E-state index contributed by atoms with van der Waals surface area (Å²) in [6, 6.07) is 0. The molecule has 0 rings (SSSR count). The molecule has 0 aromatic heterocycles. The molecule has 0 aliphatic rings. The molecule has 1 N–H and O–H groups in total. The van der Waals surface area contributed by atoms with Crippen LogP contribution in [0.5, 0.6) is 0 Å². The van der Waals surface area contributed by atoms with Crippen LogP contribution in [0.4, 0.5) is 0 Å². The van der Waals surface area contributed by atoms with Gasteiger partial charge in [-0.05, 0) is 40.2 Å². The minimum absolute atomic E-state index is 0.0456. The van der Waals surface area contributed by atoms with Crippen LogP contribution in [0, 0.1) is 0 Å². The Hall–Kier alpha value is -0.120. The van der Waals surface area contributed by atoms with Crippen LogP contribution in [0.1, 0.15) is 33.6 Å². The van der Waals surface area contributed by atoms with Gasteiger partial charge in [0.25, 0.3) is 0 Å². The van der Waals surface area contributed by atoms with Crippen LogP contribution in [0.3, 0.4) is 0 Å². The Morgan fingerprint density at radius 3 is 2.50 bits per heavy atom. The zero-order chi connectivity index (χ0) is 10.9. The molecule has 0 amide bonds. The minimum Gasteiger partial charge on any atom is -0.385 e. The third-order valence-electron chi connectivity index (χ3n) is 2.04. The molecule has 0 radical (unpaired) electrons. The topological polar surface area (TPSA) is 30.5 Å². The van der Waals surface area contributed by atoms with E-state index in [9.17, 15) is 0 Å². The van der Waals surface area contributed by atoms with Crippen molar-refractivity contribution in [2.24, 2.45) is 0 Å². The molecule has 0 unspecified atom stereocenters. The lowest BCUT2D eigenvalue weighted by atomic mass is 10.1. The van der Waals surface area contributed by atoms with Gasteiger partial charge in [0, 0.05) is 26.9 Å². The van der Waals surface area contributed by atoms with E-state index in [2.05, 4.69) is 19.2 Å². The molecule has 0 aliphatic heterocycles. The van der Waals surface area contributed by atoms with Gasteiger partial charge in [0.2, 0.25) is 0 Å². The first-order chi connectivity index (χ1) is 6.62. The van der Waals surface area contributed by atoms with Gasteiger partial charge >= 0.3 is 0 Å². The fourth-order valence-electron chi connectivity index (χ4n) is 1.33. The van der Waals surface area contributed by atoms with Gasteiger partial charge in [-0.3, -0.25) is 0 Å². The normalized spacial score (nSPS) is 12.0. The van der Waals surface area contributed by atoms with Crippen molar-refractivity contribution < 1.29 is 9.47 Å². The second-order valence-corrected chi connectivity index (χ2v) is 4.07. The number of rotatable bonds is 9. The van der Waals surface area contributed by atoms with Gasteiger partial charge in [-0.1, -0.05) is 0 Å². The van der Waals surface area contributed by atoms with E-state index >= 15 is 0 Å². The molecule has 3 nitrogen and oxygen atoms in total. The zero-order valence-corrected chi connectivity index (χ0v) is 10.1. The van der Waals surface area contributed by atoms with E-state index in [0.717, 1.165) is 39.1 Å². The monoisotopic (exact) mass is 203 g/mol. The third-order valence-corrected chi connectivity index (χ3v) is 2.04. The molecule has 0 spiro atoms. The van der Waals surface area contributed by atoms with Gasteiger partial charge in [-0.15, -0.1) is 0 Å². The summed E-state index contributed by atoms with van der Waals surface area (Å²) in [5, 5.41) is 3.39. The maximum Gasteiger partial charge on any atom is 0.0750 e. The molecule has 0 saturated carbocycles. The number of nitrogens with one attached hydrogen (secondary N) is 1. The molecule has 0 saturated heterocycles. The van der Waals surface area contributed by atoms with Crippen LogP contribution in [0.25, 0.3) is 0 Å². The third kappa shape index (κ3) is 8.48. The van der Waals surface area contributed by atoms with Crippen molar-refractivity contribution in [3.63, 3.8) is 0 Å². The number of unbranched alkanes of at least 4 members (excludes halogenated alkanes) is 1. The Morgan fingerprint density at radius 2 is 1.93 bits per heavy atom. The first kappa shape index (κ1) is 13.9. The summed E-state index contributed by atoms with van der Waals surface area (Å²) < 4.78 is 10.5. The predicted molar refractivity (Wildman–Crippen MR) is 59.7 cm³/mol. The van der Waals surface area contributed by atoms with Crippen molar-refractivity contribution in [2.45, 2.75) is 39.2 Å². The summed E-state index contributed by atoms with van der Waals surface area (Å²) in [7, 11) is 1.74. The lowest BCUT2D eigenvalue weighted by molar-refractivity contribution is -0.00872. The summed E-state index contributed by atoms with van der Waals surface area (Å²) in [5.74, 6) is 0. The SMILES string of the molecule is CCOC(C)(C)CNCCCCOC. The van der Waals surface area contributed by atoms with E-state index in [1.165, 1.54) is 0 Å². The van der Waals surface area contributed by atoms with E-state index in [1.807, 2.05) is 6.92 Å². The maximum atomic E-state index is 5.57. The first-order valence-electron chi connectivity index (χ1n) is 5.46. The van der Waals surface area contributed by atoms with Crippen LogP contribution >= 0.6 is 0 Å². The average molecular weight is 203 g/mol. The van der Waals surface area contributed by atoms with Gasteiger partial charge in [0.15, 0.2) is 0 Å². The summed E-state index contributed by atoms with van der Waals surface area (Å²) >= 11 is 0. The molecule has 0 aromatic carbocycles. The number of hydrogen-bond donors (Lipinski definition) is 1. The molecule has 0 atom stereocenters. The molecule has 14 heavy (non-hydrogen) atoms. The molecule has 86 valence electrons. The van der Waals surface area contributed by atoms with Crippen molar-refractivity contribution in [3.05, 3.63) is 0 Å². The van der Waals surface area contributed by atoms with E-state index in [1.54, 1.807) is 7.11 Å². The van der Waals surface area contributed by atoms with Gasteiger partial charge in [0.1, 0.15) is 0 Å². The van der Waals surface area contributed by atoms with Crippen LogP contribution in [-0.4, -0.2) is 39.0 Å². The average Bonchev–Trinajstić information content (AvgIpc) is 2.11. The summed E-state index contributed by atoms with van der Waals surface area (Å²) in [6.45, 7) is 9.83. The molecule has 0 heterocycles. The molecule has 0 aromatic rings. The Morgan fingerprint density at radius 1 is 1.21 bits per heavy atom. The lowest BCUT2D eigenvalue weighted by Gasteiger charge is -2.24. The van der Waals surface area contributed by atoms with E-state index in [-0.39, 0.29) is 5.60 Å². The Bertz CT molecular complexity index is 126. The quantitative estimate of drug-likeness (QED) is 0.580. The second-order valence-electron chi connectivity index (χ2n) is 4.07. The molecule has 0 bridgehead atoms. The van der Waals surface area contributed by atoms with Crippen molar-refractivity contribution in [2.75, 3.05) is 33.4 Å². The van der Waals surface area contributed by atoms with Gasteiger partial charge < -0.3 is 14.8 Å². The van der Waals surface area contributed by atoms with Gasteiger partial charge in [-0.25, -0.2) is 0 Å². The fraction of sp³-hybridized carbons (Fsp3) is 1.00. The number of methoxy groups -OCH3 is 1. The predicted octanol–water partition coefficient (Wildman–Crippen LogP) is 1.82. The zero-order valence-electron chi connectivity index (χ0n) is 10.1. The van der Waals surface area contributed by atoms with E-state index in [0.29, 0.717) is 0 Å². The molecular weight excluding hydrogens is 178 g/mol. The first-order valence-corrected chi connectivity index (χ1v) is 5.46. The number of ether oxygens (including phenoxy) is 2. The van der Waals surface area contributed by atoms with Crippen molar-refractivity contribution in [3.8, 4) is 0 Å². The van der Waals surface area contributed by atoms with Crippen LogP contribution < -0.4 is 5.32 Å². The largest absolute Gasteiger partial charge is 0.385 e. The van der Waals surface area contributed by atoms with Crippen molar-refractivity contribution in [1.29, 1.82) is 0 Å². The summed E-state index contributed by atoms with van der Waals surface area (Å²) in [6.07, 6.45) is 2.29. The second kappa shape index (κ2) is 8.21. The molecule has 0 aliphatic carbocycles. The smallest absolute Gasteiger partial charge is 0.0750 e. The number of hydrogen-bond acceptors (Lipinski definition) is 3. The Labute approximate surface area is 88.2 Å². The highest BCUT2D eigenvalue weighted by atomic mass is 16.5. The minimum atomic E-state index is -0.0456. The molecular formula is C11H25NO2. The van der Waals surface area contributed by atoms with E-state index in [4.69, 9.17) is 9.47 Å². The van der Waals surface area contributed by atoms with Crippen LogP contribution in [-0.2, 0) is 9.47 Å². The van der Waals surface area contributed by atoms with Crippen molar-refractivity contribution >= 4 is 0 Å². The Balaban J connectivity index is 3.26. The van der Waals surface area contributed by atoms with Crippen LogP contribution in [0.15, 0.2) is 0 Å². The highest BCUT2D eigenvalue weighted by Crippen LogP contribution is 2.06. The summed E-state index contributed by atoms with van der Waals surface area (Å²) in [4.78, 5) is 0. The summed E-state index contributed by atoms with van der Waals surface area (Å²) in [5.41, 5.74) is -0.0456. The van der Waals surface area contributed by atoms with E-state index < -0.39 is 0 Å². The van der Waals surface area contributed by atoms with Gasteiger partial charge in [-0.2, -0.15) is 0 Å². The Kier molecular flexibility index (Phi) is 8.14. The lowest BCUT2D eigenvalue weighted by Crippen LogP contribution is -2.38. The molecule has 3 heteroatoms. The maximum absolute atomic E-state index is 5.57. The molecule has 0 fully saturated rings. The fourth-order valence-corrected chi connectivity index (χ4v) is 1.33. The van der Waals surface area contributed by atoms with Crippen LogP contribution in [0.2, 0.25) is 0 Å². The highest BCUT2D eigenvalue weighted by molar-refractivity contribution is 4.71.